The molecular weight excluding hydrogens is 284 g/mol. The van der Waals surface area contributed by atoms with Crippen molar-refractivity contribution in [2.45, 2.75) is 18.9 Å². The summed E-state index contributed by atoms with van der Waals surface area (Å²) in [5, 5.41) is 6.64. The molecule has 8 nitrogen and oxygen atoms in total. The number of alkyl carbamates (subject to hydrolysis) is 1. The molecule has 1 aliphatic heterocycles. The number of carbonyl (C=O) groups is 1. The molecule has 1 aliphatic rings. The van der Waals surface area contributed by atoms with E-state index in [4.69, 9.17) is 4.74 Å². The number of anilines is 1. The fourth-order valence-electron chi connectivity index (χ4n) is 2.45. The maximum absolute atomic E-state index is 11.2. The molecule has 0 bridgehead atoms. The molecule has 0 radical (unpaired) electrons. The van der Waals surface area contributed by atoms with Gasteiger partial charge >= 0.3 is 6.09 Å². The summed E-state index contributed by atoms with van der Waals surface area (Å²) < 4.78 is 6.98. The Morgan fingerprint density at radius 2 is 2.09 bits per heavy atom. The number of carbonyl (C=O) groups excluding carboxylic acids is 1. The number of aromatic nitrogens is 4. The van der Waals surface area contributed by atoms with Crippen molar-refractivity contribution in [2.75, 3.05) is 25.0 Å². The van der Waals surface area contributed by atoms with E-state index in [1.807, 2.05) is 18.3 Å². The third-order valence-corrected chi connectivity index (χ3v) is 3.62. The van der Waals surface area contributed by atoms with E-state index in [0.717, 1.165) is 37.6 Å². The van der Waals surface area contributed by atoms with Crippen LogP contribution in [0.25, 0.3) is 5.82 Å². The molecule has 0 unspecified atom stereocenters. The predicted octanol–water partition coefficient (Wildman–Crippen LogP) is 0.987. The number of hydrogen-bond acceptors (Lipinski definition) is 6. The monoisotopic (exact) mass is 302 g/mol. The van der Waals surface area contributed by atoms with Crippen molar-refractivity contribution in [2.24, 2.45) is 0 Å². The second kappa shape index (κ2) is 6.42. The highest BCUT2D eigenvalue weighted by molar-refractivity contribution is 5.66. The fraction of sp³-hybridized carbons (Fsp3) is 0.429. The zero-order valence-corrected chi connectivity index (χ0v) is 12.3. The molecule has 3 heterocycles. The van der Waals surface area contributed by atoms with Crippen LogP contribution in [0.1, 0.15) is 12.8 Å². The first-order valence-electron chi connectivity index (χ1n) is 7.21. The second-order valence-electron chi connectivity index (χ2n) is 5.03. The van der Waals surface area contributed by atoms with Gasteiger partial charge in [-0.25, -0.2) is 19.4 Å². The molecular formula is C14H18N6O2. The Morgan fingerprint density at radius 3 is 2.77 bits per heavy atom. The lowest BCUT2D eigenvalue weighted by atomic mass is 10.1. The van der Waals surface area contributed by atoms with Gasteiger partial charge in [-0.15, -0.1) is 0 Å². The van der Waals surface area contributed by atoms with Crippen LogP contribution in [-0.4, -0.2) is 52.1 Å². The molecule has 22 heavy (non-hydrogen) atoms. The van der Waals surface area contributed by atoms with E-state index in [1.165, 1.54) is 0 Å². The van der Waals surface area contributed by atoms with E-state index in [2.05, 4.69) is 25.3 Å². The van der Waals surface area contributed by atoms with E-state index in [-0.39, 0.29) is 12.2 Å². The third kappa shape index (κ3) is 3.16. The highest BCUT2D eigenvalue weighted by Crippen LogP contribution is 2.20. The minimum Gasteiger partial charge on any atom is -0.446 e. The fourth-order valence-corrected chi connectivity index (χ4v) is 2.45. The minimum absolute atomic E-state index is 0.0383. The molecule has 2 aromatic rings. The van der Waals surface area contributed by atoms with Gasteiger partial charge in [0, 0.05) is 51.4 Å². The normalized spacial score (nSPS) is 15.6. The number of amides is 1. The zero-order valence-electron chi connectivity index (χ0n) is 12.3. The number of nitrogens with zero attached hydrogens (tertiary/aromatic N) is 5. The molecule has 1 saturated heterocycles. The Kier molecular flexibility index (Phi) is 4.17. The number of rotatable bonds is 3. The molecule has 0 spiro atoms. The first-order valence-corrected chi connectivity index (χ1v) is 7.21. The lowest BCUT2D eigenvalue weighted by Crippen LogP contribution is -2.39. The molecule has 0 saturated carbocycles. The van der Waals surface area contributed by atoms with Crippen molar-refractivity contribution in [1.82, 2.24) is 25.1 Å². The van der Waals surface area contributed by atoms with E-state index in [0.29, 0.717) is 0 Å². The smallest absolute Gasteiger partial charge is 0.407 e. The van der Waals surface area contributed by atoms with Gasteiger partial charge < -0.3 is 15.0 Å². The number of hydrogen-bond donors (Lipinski definition) is 1. The van der Waals surface area contributed by atoms with Crippen LogP contribution in [0.5, 0.6) is 0 Å². The molecule has 116 valence electrons. The molecule has 0 aliphatic carbocycles. The van der Waals surface area contributed by atoms with Gasteiger partial charge in [0.2, 0.25) is 0 Å². The van der Waals surface area contributed by atoms with Gasteiger partial charge in [-0.3, -0.25) is 0 Å². The van der Waals surface area contributed by atoms with E-state index in [9.17, 15) is 4.79 Å². The van der Waals surface area contributed by atoms with Crippen LogP contribution in [-0.2, 0) is 4.74 Å². The van der Waals surface area contributed by atoms with Gasteiger partial charge in [-0.1, -0.05) is 0 Å². The maximum atomic E-state index is 11.2. The molecule has 1 fully saturated rings. The molecule has 1 N–H and O–H groups in total. The Hall–Kier alpha value is -2.64. The summed E-state index contributed by atoms with van der Waals surface area (Å²) in [5.41, 5.74) is 0. The quantitative estimate of drug-likeness (QED) is 0.910. The highest BCUT2D eigenvalue weighted by Gasteiger charge is 2.23. The average Bonchev–Trinajstić information content (AvgIpc) is 3.10. The number of nitrogens with one attached hydrogen (secondary N) is 1. The lowest BCUT2D eigenvalue weighted by Gasteiger charge is -2.32. The summed E-state index contributed by atoms with van der Waals surface area (Å²) in [6.07, 6.45) is 6.26. The Bertz CT molecular complexity index is 622. The SMILES string of the molecule is CNC(=O)OC1CCN(c2cc(-n3cccn3)ncn2)CC1. The predicted molar refractivity (Wildman–Crippen MR) is 79.9 cm³/mol. The van der Waals surface area contributed by atoms with Gasteiger partial charge in [0.15, 0.2) is 5.82 Å². The minimum atomic E-state index is -0.374. The van der Waals surface area contributed by atoms with E-state index >= 15 is 0 Å². The number of ether oxygens (including phenoxy) is 1. The van der Waals surface area contributed by atoms with Crippen LogP contribution in [0.3, 0.4) is 0 Å². The number of piperidine rings is 1. The zero-order chi connectivity index (χ0) is 15.4. The van der Waals surface area contributed by atoms with Crippen molar-refractivity contribution in [3.05, 3.63) is 30.9 Å². The van der Waals surface area contributed by atoms with Gasteiger partial charge in [0.05, 0.1) is 0 Å². The van der Waals surface area contributed by atoms with Crippen molar-refractivity contribution in [3.63, 3.8) is 0 Å². The molecule has 2 aromatic heterocycles. The van der Waals surface area contributed by atoms with Crippen LogP contribution >= 0.6 is 0 Å². The Balaban J connectivity index is 1.64. The van der Waals surface area contributed by atoms with Crippen LogP contribution in [0, 0.1) is 0 Å². The third-order valence-electron chi connectivity index (χ3n) is 3.62. The summed E-state index contributed by atoms with van der Waals surface area (Å²) in [6, 6.07) is 3.76. The Morgan fingerprint density at radius 1 is 1.32 bits per heavy atom. The standard InChI is InChI=1S/C14H18N6O2/c1-15-14(21)22-11-3-7-19(8-4-11)12-9-13(17-10-16-12)20-6-2-5-18-20/h2,5-6,9-11H,3-4,7-8H2,1H3,(H,15,21). The molecule has 1 amide bonds. The van der Waals surface area contributed by atoms with Crippen LogP contribution in [0.4, 0.5) is 10.6 Å². The molecule has 0 atom stereocenters. The summed E-state index contributed by atoms with van der Waals surface area (Å²) in [7, 11) is 1.56. The van der Waals surface area contributed by atoms with Gasteiger partial charge in [0.1, 0.15) is 18.2 Å². The highest BCUT2D eigenvalue weighted by atomic mass is 16.6. The molecule has 3 rings (SSSR count). The van der Waals surface area contributed by atoms with Gasteiger partial charge in [-0.05, 0) is 6.07 Å². The van der Waals surface area contributed by atoms with E-state index in [1.54, 1.807) is 24.3 Å². The van der Waals surface area contributed by atoms with Crippen molar-refractivity contribution >= 4 is 11.9 Å². The second-order valence-corrected chi connectivity index (χ2v) is 5.03. The van der Waals surface area contributed by atoms with Gasteiger partial charge in [0.25, 0.3) is 0 Å². The topological polar surface area (TPSA) is 85.2 Å². The van der Waals surface area contributed by atoms with E-state index < -0.39 is 0 Å². The maximum Gasteiger partial charge on any atom is 0.407 e. The summed E-state index contributed by atoms with van der Waals surface area (Å²) in [5.74, 6) is 1.60. The first kappa shape index (κ1) is 14.3. The van der Waals surface area contributed by atoms with Crippen LogP contribution in [0.15, 0.2) is 30.9 Å². The first-order chi connectivity index (χ1) is 10.8. The van der Waals surface area contributed by atoms with Gasteiger partial charge in [-0.2, -0.15) is 5.10 Å². The van der Waals surface area contributed by atoms with Crippen LogP contribution in [0.2, 0.25) is 0 Å². The summed E-state index contributed by atoms with van der Waals surface area (Å²) >= 11 is 0. The molecule has 8 heteroatoms. The summed E-state index contributed by atoms with van der Waals surface area (Å²) in [4.78, 5) is 22.0. The lowest BCUT2D eigenvalue weighted by molar-refractivity contribution is 0.0848. The van der Waals surface area contributed by atoms with Crippen molar-refractivity contribution < 1.29 is 9.53 Å². The summed E-state index contributed by atoms with van der Waals surface area (Å²) in [6.45, 7) is 1.58. The Labute approximate surface area is 128 Å². The average molecular weight is 302 g/mol. The van der Waals surface area contributed by atoms with Crippen LogP contribution < -0.4 is 10.2 Å². The van der Waals surface area contributed by atoms with Crippen molar-refractivity contribution in [3.8, 4) is 5.82 Å². The molecule has 0 aromatic carbocycles. The largest absolute Gasteiger partial charge is 0.446 e. The van der Waals surface area contributed by atoms with Crippen molar-refractivity contribution in [1.29, 1.82) is 0 Å².